The number of nitrogens with one attached hydrogen (secondary N) is 2. The maximum atomic E-state index is 11.5. The van der Waals surface area contributed by atoms with E-state index in [0.717, 1.165) is 18.4 Å². The van der Waals surface area contributed by atoms with E-state index in [2.05, 4.69) is 16.7 Å². The summed E-state index contributed by atoms with van der Waals surface area (Å²) in [6, 6.07) is 0.683. The molecule has 0 aromatic carbocycles. The molecular formula is C18H32N2O2. The summed E-state index contributed by atoms with van der Waals surface area (Å²) in [7, 11) is 0. The molecule has 0 aromatic heterocycles. The van der Waals surface area contributed by atoms with E-state index in [4.69, 9.17) is 4.74 Å². The van der Waals surface area contributed by atoms with Crippen molar-refractivity contribution in [2.45, 2.75) is 70.9 Å². The lowest BCUT2D eigenvalue weighted by Crippen LogP contribution is -2.35. The zero-order chi connectivity index (χ0) is 16.0. The molecule has 0 heterocycles. The van der Waals surface area contributed by atoms with Crippen molar-refractivity contribution in [2.75, 3.05) is 13.1 Å². The number of rotatable bonds is 6. The Kier molecular flexibility index (Phi) is 6.30. The first-order chi connectivity index (χ1) is 10.4. The third-order valence-electron chi connectivity index (χ3n) is 4.46. The number of hydrogen-bond acceptors (Lipinski definition) is 3. The molecule has 0 radical (unpaired) electrons. The Morgan fingerprint density at radius 1 is 1.09 bits per heavy atom. The standard InChI is InChI=1S/C18H32N2O2/c1-18(2,3)22-17(21)20-12-5-4-11-19-16-8-6-7-15(13-16)14-9-10-14/h4-5,14-16,19H,6-13H2,1-3H3,(H,20,21)/b5-4+. The second-order valence-corrected chi connectivity index (χ2v) is 7.72. The summed E-state index contributed by atoms with van der Waals surface area (Å²) in [5.74, 6) is 2.02. The maximum Gasteiger partial charge on any atom is 0.407 e. The number of ether oxygens (including phenoxy) is 1. The van der Waals surface area contributed by atoms with Gasteiger partial charge in [-0.1, -0.05) is 25.0 Å². The summed E-state index contributed by atoms with van der Waals surface area (Å²) in [6.07, 6.45) is 12.1. The molecule has 2 aliphatic carbocycles. The van der Waals surface area contributed by atoms with Crippen LogP contribution in [0.4, 0.5) is 4.79 Å². The number of alkyl carbamates (subject to hydrolysis) is 1. The van der Waals surface area contributed by atoms with Crippen LogP contribution in [0.2, 0.25) is 0 Å². The minimum absolute atomic E-state index is 0.357. The van der Waals surface area contributed by atoms with E-state index in [1.165, 1.54) is 38.5 Å². The average molecular weight is 308 g/mol. The van der Waals surface area contributed by atoms with Crippen LogP contribution in [0.25, 0.3) is 0 Å². The summed E-state index contributed by atoms with van der Waals surface area (Å²) in [6.45, 7) is 7.01. The third-order valence-corrected chi connectivity index (χ3v) is 4.46. The van der Waals surface area contributed by atoms with Crippen LogP contribution in [0.3, 0.4) is 0 Å². The molecule has 4 nitrogen and oxygen atoms in total. The summed E-state index contributed by atoms with van der Waals surface area (Å²) >= 11 is 0. The number of carbonyl (C=O) groups is 1. The van der Waals surface area contributed by atoms with E-state index in [0.29, 0.717) is 12.6 Å². The normalized spacial score (nSPS) is 26.1. The zero-order valence-electron chi connectivity index (χ0n) is 14.4. The largest absolute Gasteiger partial charge is 0.444 e. The van der Waals surface area contributed by atoms with Crippen molar-refractivity contribution in [1.82, 2.24) is 10.6 Å². The van der Waals surface area contributed by atoms with Crippen LogP contribution in [0.5, 0.6) is 0 Å². The lowest BCUT2D eigenvalue weighted by molar-refractivity contribution is 0.0534. The average Bonchev–Trinajstić information content (AvgIpc) is 3.25. The van der Waals surface area contributed by atoms with Gasteiger partial charge in [0.2, 0.25) is 0 Å². The Balaban J connectivity index is 1.53. The molecule has 2 aliphatic rings. The molecule has 22 heavy (non-hydrogen) atoms. The van der Waals surface area contributed by atoms with Crippen LogP contribution in [0.15, 0.2) is 12.2 Å². The van der Waals surface area contributed by atoms with Crippen LogP contribution in [0, 0.1) is 11.8 Å². The van der Waals surface area contributed by atoms with Gasteiger partial charge in [-0.2, -0.15) is 0 Å². The van der Waals surface area contributed by atoms with E-state index < -0.39 is 5.60 Å². The van der Waals surface area contributed by atoms with Gasteiger partial charge in [0, 0.05) is 19.1 Å². The molecule has 2 saturated carbocycles. The first-order valence-electron chi connectivity index (χ1n) is 8.79. The highest BCUT2D eigenvalue weighted by atomic mass is 16.6. The highest BCUT2D eigenvalue weighted by Crippen LogP contribution is 2.43. The Labute approximate surface area is 135 Å². The quantitative estimate of drug-likeness (QED) is 0.737. The fourth-order valence-electron chi connectivity index (χ4n) is 3.27. The number of carbonyl (C=O) groups excluding carboxylic acids is 1. The molecule has 2 N–H and O–H groups in total. The fourth-order valence-corrected chi connectivity index (χ4v) is 3.27. The Bertz CT molecular complexity index is 383. The molecule has 0 saturated heterocycles. The van der Waals surface area contributed by atoms with Gasteiger partial charge in [0.1, 0.15) is 5.60 Å². The van der Waals surface area contributed by atoms with Crippen LogP contribution in [0.1, 0.15) is 59.3 Å². The zero-order valence-corrected chi connectivity index (χ0v) is 14.4. The minimum Gasteiger partial charge on any atom is -0.444 e. The maximum absolute atomic E-state index is 11.5. The molecule has 126 valence electrons. The second kappa shape index (κ2) is 8.00. The van der Waals surface area contributed by atoms with Crippen molar-refractivity contribution in [1.29, 1.82) is 0 Å². The van der Waals surface area contributed by atoms with Gasteiger partial charge in [-0.25, -0.2) is 4.79 Å². The van der Waals surface area contributed by atoms with Gasteiger partial charge in [-0.05, 0) is 58.3 Å². The molecule has 0 aliphatic heterocycles. The van der Waals surface area contributed by atoms with Gasteiger partial charge in [-0.3, -0.25) is 0 Å². The van der Waals surface area contributed by atoms with E-state index >= 15 is 0 Å². The third kappa shape index (κ3) is 6.82. The molecule has 0 bridgehead atoms. The smallest absolute Gasteiger partial charge is 0.407 e. The van der Waals surface area contributed by atoms with Gasteiger partial charge in [-0.15, -0.1) is 0 Å². The number of amides is 1. The summed E-state index contributed by atoms with van der Waals surface area (Å²) in [5, 5.41) is 6.36. The van der Waals surface area contributed by atoms with Gasteiger partial charge in [0.25, 0.3) is 0 Å². The molecule has 4 heteroatoms. The summed E-state index contributed by atoms with van der Waals surface area (Å²) in [5.41, 5.74) is -0.436. The van der Waals surface area contributed by atoms with Gasteiger partial charge in [0.05, 0.1) is 0 Å². The summed E-state index contributed by atoms with van der Waals surface area (Å²) in [4.78, 5) is 11.5. The van der Waals surface area contributed by atoms with Crippen molar-refractivity contribution >= 4 is 6.09 Å². The molecule has 2 unspecified atom stereocenters. The van der Waals surface area contributed by atoms with Gasteiger partial charge in [0.15, 0.2) is 0 Å². The monoisotopic (exact) mass is 308 g/mol. The van der Waals surface area contributed by atoms with Crippen LogP contribution >= 0.6 is 0 Å². The van der Waals surface area contributed by atoms with Crippen LogP contribution in [-0.4, -0.2) is 30.8 Å². The molecular weight excluding hydrogens is 276 g/mol. The highest BCUT2D eigenvalue weighted by Gasteiger charge is 2.34. The Morgan fingerprint density at radius 2 is 1.82 bits per heavy atom. The van der Waals surface area contributed by atoms with Crippen molar-refractivity contribution in [3.05, 3.63) is 12.2 Å². The van der Waals surface area contributed by atoms with Gasteiger partial charge < -0.3 is 15.4 Å². The van der Waals surface area contributed by atoms with Crippen LogP contribution in [-0.2, 0) is 4.74 Å². The molecule has 2 rings (SSSR count). The molecule has 0 spiro atoms. The molecule has 0 aromatic rings. The SMILES string of the molecule is CC(C)(C)OC(=O)NC/C=C/CNC1CCCC(C2CC2)C1. The van der Waals surface area contributed by atoms with E-state index in [1.807, 2.05) is 26.8 Å². The first kappa shape index (κ1) is 17.3. The topological polar surface area (TPSA) is 50.4 Å². The fraction of sp³-hybridized carbons (Fsp3) is 0.833. The van der Waals surface area contributed by atoms with Crippen molar-refractivity contribution in [3.63, 3.8) is 0 Å². The predicted molar refractivity (Wildman–Crippen MR) is 89.8 cm³/mol. The molecule has 2 fully saturated rings. The Morgan fingerprint density at radius 3 is 2.50 bits per heavy atom. The second-order valence-electron chi connectivity index (χ2n) is 7.72. The summed E-state index contributed by atoms with van der Waals surface area (Å²) < 4.78 is 5.18. The lowest BCUT2D eigenvalue weighted by Gasteiger charge is -2.29. The van der Waals surface area contributed by atoms with Crippen molar-refractivity contribution in [2.24, 2.45) is 11.8 Å². The molecule has 1 amide bonds. The minimum atomic E-state index is -0.436. The molecule has 2 atom stereocenters. The van der Waals surface area contributed by atoms with Crippen molar-refractivity contribution < 1.29 is 9.53 Å². The predicted octanol–water partition coefficient (Wildman–Crippen LogP) is 3.63. The van der Waals surface area contributed by atoms with Crippen LogP contribution < -0.4 is 10.6 Å². The van der Waals surface area contributed by atoms with E-state index in [1.54, 1.807) is 0 Å². The number of hydrogen-bond donors (Lipinski definition) is 2. The Hall–Kier alpha value is -1.03. The van der Waals surface area contributed by atoms with Crippen molar-refractivity contribution in [3.8, 4) is 0 Å². The lowest BCUT2D eigenvalue weighted by atomic mass is 9.83. The van der Waals surface area contributed by atoms with Gasteiger partial charge >= 0.3 is 6.09 Å². The first-order valence-corrected chi connectivity index (χ1v) is 8.79. The van der Waals surface area contributed by atoms with E-state index in [9.17, 15) is 4.79 Å². The van der Waals surface area contributed by atoms with E-state index in [-0.39, 0.29) is 6.09 Å². The highest BCUT2D eigenvalue weighted by molar-refractivity contribution is 5.67.